The molecule has 0 unspecified atom stereocenters. The van der Waals surface area contributed by atoms with Crippen LogP contribution in [0, 0.1) is 5.82 Å². The SMILES string of the molecule is CC(C)c1cccc(NC(N)=NCc2ccc(F)cn2)c1. The van der Waals surface area contributed by atoms with E-state index in [2.05, 4.69) is 35.2 Å². The third-order valence-corrected chi connectivity index (χ3v) is 3.03. The number of rotatable bonds is 4. The van der Waals surface area contributed by atoms with Crippen LogP contribution < -0.4 is 11.1 Å². The molecule has 1 heterocycles. The molecule has 0 aliphatic carbocycles. The van der Waals surface area contributed by atoms with Crippen LogP contribution in [0.4, 0.5) is 10.1 Å². The fourth-order valence-electron chi connectivity index (χ4n) is 1.83. The molecule has 110 valence electrons. The zero-order chi connectivity index (χ0) is 15.2. The predicted molar refractivity (Wildman–Crippen MR) is 83.7 cm³/mol. The van der Waals surface area contributed by atoms with E-state index in [1.807, 2.05) is 18.2 Å². The van der Waals surface area contributed by atoms with Crippen LogP contribution in [0.2, 0.25) is 0 Å². The number of nitrogens with two attached hydrogens (primary N) is 1. The Kier molecular flexibility index (Phi) is 4.87. The van der Waals surface area contributed by atoms with Gasteiger partial charge in [-0.1, -0.05) is 26.0 Å². The van der Waals surface area contributed by atoms with Gasteiger partial charge in [0, 0.05) is 5.69 Å². The minimum absolute atomic E-state index is 0.307. The van der Waals surface area contributed by atoms with E-state index in [4.69, 9.17) is 5.73 Å². The van der Waals surface area contributed by atoms with E-state index in [0.29, 0.717) is 24.1 Å². The van der Waals surface area contributed by atoms with E-state index in [-0.39, 0.29) is 5.82 Å². The van der Waals surface area contributed by atoms with Crippen LogP contribution in [0.5, 0.6) is 0 Å². The van der Waals surface area contributed by atoms with Gasteiger partial charge in [0.05, 0.1) is 18.4 Å². The third kappa shape index (κ3) is 4.56. The maximum Gasteiger partial charge on any atom is 0.193 e. The molecule has 0 saturated heterocycles. The van der Waals surface area contributed by atoms with Crippen LogP contribution >= 0.6 is 0 Å². The van der Waals surface area contributed by atoms with Gasteiger partial charge in [-0.05, 0) is 35.7 Å². The number of nitrogens with zero attached hydrogens (tertiary/aromatic N) is 2. The molecule has 21 heavy (non-hydrogen) atoms. The minimum atomic E-state index is -0.362. The first kappa shape index (κ1) is 15.0. The number of anilines is 1. The van der Waals surface area contributed by atoms with Crippen LogP contribution in [0.1, 0.15) is 31.0 Å². The summed E-state index contributed by atoms with van der Waals surface area (Å²) in [5.41, 5.74) is 8.64. The van der Waals surface area contributed by atoms with Crippen molar-refractivity contribution in [2.24, 2.45) is 10.7 Å². The fraction of sp³-hybridized carbons (Fsp3) is 0.250. The highest BCUT2D eigenvalue weighted by Gasteiger charge is 2.01. The summed E-state index contributed by atoms with van der Waals surface area (Å²) in [6.45, 7) is 4.58. The molecule has 0 atom stereocenters. The topological polar surface area (TPSA) is 63.3 Å². The van der Waals surface area contributed by atoms with Crippen molar-refractivity contribution in [3.8, 4) is 0 Å². The second-order valence-electron chi connectivity index (χ2n) is 5.07. The van der Waals surface area contributed by atoms with Crippen LogP contribution in [0.25, 0.3) is 0 Å². The second kappa shape index (κ2) is 6.83. The van der Waals surface area contributed by atoms with Crippen LogP contribution in [-0.2, 0) is 6.54 Å². The maximum absolute atomic E-state index is 12.7. The zero-order valence-corrected chi connectivity index (χ0v) is 12.2. The molecular formula is C16H19FN4. The average molecular weight is 286 g/mol. The van der Waals surface area contributed by atoms with Crippen molar-refractivity contribution in [1.82, 2.24) is 4.98 Å². The summed E-state index contributed by atoms with van der Waals surface area (Å²) in [6, 6.07) is 11.0. The first-order chi connectivity index (χ1) is 10.0. The van der Waals surface area contributed by atoms with Crippen molar-refractivity contribution < 1.29 is 4.39 Å². The van der Waals surface area contributed by atoms with E-state index in [9.17, 15) is 4.39 Å². The monoisotopic (exact) mass is 286 g/mol. The number of pyridine rings is 1. The summed E-state index contributed by atoms with van der Waals surface area (Å²) in [4.78, 5) is 8.12. The largest absolute Gasteiger partial charge is 0.370 e. The van der Waals surface area contributed by atoms with Gasteiger partial charge in [-0.25, -0.2) is 9.38 Å². The van der Waals surface area contributed by atoms with Crippen molar-refractivity contribution in [2.75, 3.05) is 5.32 Å². The lowest BCUT2D eigenvalue weighted by Gasteiger charge is -2.09. The molecule has 2 aromatic rings. The summed E-state index contributed by atoms with van der Waals surface area (Å²) in [7, 11) is 0. The Morgan fingerprint density at radius 3 is 2.81 bits per heavy atom. The van der Waals surface area contributed by atoms with Gasteiger partial charge in [-0.2, -0.15) is 0 Å². The fourth-order valence-corrected chi connectivity index (χ4v) is 1.83. The highest BCUT2D eigenvalue weighted by molar-refractivity contribution is 5.92. The van der Waals surface area contributed by atoms with Gasteiger partial charge >= 0.3 is 0 Å². The Labute approximate surface area is 123 Å². The maximum atomic E-state index is 12.7. The van der Waals surface area contributed by atoms with Crippen LogP contribution in [-0.4, -0.2) is 10.9 Å². The summed E-state index contributed by atoms with van der Waals surface area (Å²) in [5.74, 6) is 0.398. The van der Waals surface area contributed by atoms with Gasteiger partial charge in [0.25, 0.3) is 0 Å². The van der Waals surface area contributed by atoms with Gasteiger partial charge in [0.1, 0.15) is 5.82 Å². The van der Waals surface area contributed by atoms with Gasteiger partial charge in [-0.3, -0.25) is 4.98 Å². The Hall–Kier alpha value is -2.43. The van der Waals surface area contributed by atoms with Crippen molar-refractivity contribution in [2.45, 2.75) is 26.3 Å². The number of guanidine groups is 1. The number of nitrogens with one attached hydrogen (secondary N) is 1. The first-order valence-electron chi connectivity index (χ1n) is 6.82. The smallest absolute Gasteiger partial charge is 0.193 e. The number of benzene rings is 1. The number of hydrogen-bond acceptors (Lipinski definition) is 2. The van der Waals surface area contributed by atoms with Gasteiger partial charge < -0.3 is 11.1 Å². The van der Waals surface area contributed by atoms with Crippen molar-refractivity contribution >= 4 is 11.6 Å². The molecule has 5 heteroatoms. The summed E-state index contributed by atoms with van der Waals surface area (Å²) in [5, 5.41) is 3.04. The molecule has 0 aliphatic heterocycles. The number of aromatic nitrogens is 1. The molecule has 0 fully saturated rings. The van der Waals surface area contributed by atoms with E-state index in [1.54, 1.807) is 6.07 Å². The van der Waals surface area contributed by atoms with Gasteiger partial charge in [-0.15, -0.1) is 0 Å². The van der Waals surface area contributed by atoms with Crippen molar-refractivity contribution in [3.63, 3.8) is 0 Å². The highest BCUT2D eigenvalue weighted by Crippen LogP contribution is 2.18. The van der Waals surface area contributed by atoms with Crippen LogP contribution in [0.3, 0.4) is 0 Å². The molecule has 0 bridgehead atoms. The van der Waals surface area contributed by atoms with Crippen molar-refractivity contribution in [1.29, 1.82) is 0 Å². The zero-order valence-electron chi connectivity index (χ0n) is 12.2. The first-order valence-corrected chi connectivity index (χ1v) is 6.82. The molecule has 0 saturated carbocycles. The molecule has 0 amide bonds. The van der Waals surface area contributed by atoms with Gasteiger partial charge in [0.15, 0.2) is 5.96 Å². The molecule has 2 rings (SSSR count). The third-order valence-electron chi connectivity index (χ3n) is 3.03. The molecule has 0 aliphatic rings. The summed E-state index contributed by atoms with van der Waals surface area (Å²) >= 11 is 0. The van der Waals surface area contributed by atoms with E-state index >= 15 is 0 Å². The standard InChI is InChI=1S/C16H19FN4/c1-11(2)12-4-3-5-14(8-12)21-16(18)20-10-15-7-6-13(17)9-19-15/h3-9,11H,10H2,1-2H3,(H3,18,20,21). The van der Waals surface area contributed by atoms with E-state index in [0.717, 1.165) is 5.69 Å². The lowest BCUT2D eigenvalue weighted by atomic mass is 10.0. The Bertz CT molecular complexity index is 620. The molecule has 1 aromatic heterocycles. The number of hydrogen-bond donors (Lipinski definition) is 2. The average Bonchev–Trinajstić information content (AvgIpc) is 2.47. The molecule has 1 aromatic carbocycles. The Balaban J connectivity index is 2.00. The summed E-state index contributed by atoms with van der Waals surface area (Å²) < 4.78 is 12.7. The molecule has 4 nitrogen and oxygen atoms in total. The molecule has 0 spiro atoms. The Morgan fingerprint density at radius 1 is 1.33 bits per heavy atom. The molecule has 0 radical (unpaired) electrons. The highest BCUT2D eigenvalue weighted by atomic mass is 19.1. The molecule has 3 N–H and O–H groups in total. The normalized spacial score (nSPS) is 11.7. The molecular weight excluding hydrogens is 267 g/mol. The number of aliphatic imine (C=N–C) groups is 1. The van der Waals surface area contributed by atoms with E-state index in [1.165, 1.54) is 17.8 Å². The lowest BCUT2D eigenvalue weighted by Crippen LogP contribution is -2.22. The minimum Gasteiger partial charge on any atom is -0.370 e. The Morgan fingerprint density at radius 2 is 2.14 bits per heavy atom. The van der Waals surface area contributed by atoms with Crippen molar-refractivity contribution in [3.05, 3.63) is 59.7 Å². The van der Waals surface area contributed by atoms with Gasteiger partial charge in [0.2, 0.25) is 0 Å². The number of halogens is 1. The summed E-state index contributed by atoms with van der Waals surface area (Å²) in [6.07, 6.45) is 1.17. The predicted octanol–water partition coefficient (Wildman–Crippen LogP) is 3.27. The quantitative estimate of drug-likeness (QED) is 0.669. The lowest BCUT2D eigenvalue weighted by molar-refractivity contribution is 0.619. The second-order valence-corrected chi connectivity index (χ2v) is 5.07. The van der Waals surface area contributed by atoms with E-state index < -0.39 is 0 Å². The van der Waals surface area contributed by atoms with Crippen LogP contribution in [0.15, 0.2) is 47.6 Å².